The Morgan fingerprint density at radius 1 is 1.14 bits per heavy atom. The molecule has 2 N–H and O–H groups in total. The summed E-state index contributed by atoms with van der Waals surface area (Å²) in [6.45, 7) is 0.0898. The Bertz CT molecular complexity index is 1160. The van der Waals surface area contributed by atoms with Crippen molar-refractivity contribution in [2.75, 3.05) is 12.4 Å². The topological polar surface area (TPSA) is 83.4 Å². The fraction of sp³-hybridized carbons (Fsp3) is 0.0952. The number of aromatic nitrogens is 1. The van der Waals surface area contributed by atoms with Gasteiger partial charge in [-0.2, -0.15) is 0 Å². The third-order valence-electron chi connectivity index (χ3n) is 4.64. The summed E-state index contributed by atoms with van der Waals surface area (Å²) in [5.41, 5.74) is 2.43. The summed E-state index contributed by atoms with van der Waals surface area (Å²) in [6.07, 6.45) is 3.41. The number of rotatable bonds is 4. The number of amides is 4. The molecule has 1 fully saturated rings. The van der Waals surface area contributed by atoms with Crippen LogP contribution in [-0.2, 0) is 16.1 Å². The minimum Gasteiger partial charge on any atom is -0.337 e. The lowest BCUT2D eigenvalue weighted by molar-refractivity contribution is -0.122. The minimum atomic E-state index is -0.465. The predicted molar refractivity (Wildman–Crippen MR) is 111 cm³/mol. The number of anilines is 1. The van der Waals surface area contributed by atoms with Crippen molar-refractivity contribution >= 4 is 52.1 Å². The van der Waals surface area contributed by atoms with Crippen molar-refractivity contribution < 1.29 is 14.4 Å². The number of likely N-dealkylation sites (N-methyl/N-ethyl adjacent to an activating group) is 1. The maximum absolute atomic E-state index is 12.5. The Balaban J connectivity index is 1.62. The fourth-order valence-corrected chi connectivity index (χ4v) is 3.31. The maximum atomic E-state index is 12.5. The monoisotopic (exact) mass is 408 g/mol. The molecule has 1 aliphatic heterocycles. The highest BCUT2D eigenvalue weighted by molar-refractivity contribution is 6.30. The molecule has 0 aliphatic carbocycles. The number of benzene rings is 2. The van der Waals surface area contributed by atoms with Gasteiger partial charge in [-0.15, -0.1) is 0 Å². The second kappa shape index (κ2) is 7.44. The fourth-order valence-electron chi connectivity index (χ4n) is 3.19. The Morgan fingerprint density at radius 2 is 1.86 bits per heavy atom. The Morgan fingerprint density at radius 3 is 2.55 bits per heavy atom. The largest absolute Gasteiger partial charge is 0.337 e. The first kappa shape index (κ1) is 18.8. The number of imide groups is 1. The van der Waals surface area contributed by atoms with Crippen molar-refractivity contribution in [3.05, 3.63) is 71.0 Å². The van der Waals surface area contributed by atoms with E-state index in [1.807, 2.05) is 24.3 Å². The molecule has 1 aliphatic rings. The van der Waals surface area contributed by atoms with Crippen LogP contribution >= 0.6 is 11.6 Å². The molecule has 0 atom stereocenters. The predicted octanol–water partition coefficient (Wildman–Crippen LogP) is 3.46. The minimum absolute atomic E-state index is 0.0898. The second-order valence-electron chi connectivity index (χ2n) is 6.64. The summed E-state index contributed by atoms with van der Waals surface area (Å²) in [6, 6.07) is 14.0. The molecule has 0 saturated carbocycles. The van der Waals surface area contributed by atoms with Gasteiger partial charge in [0, 0.05) is 40.4 Å². The molecule has 4 rings (SSSR count). The van der Waals surface area contributed by atoms with Gasteiger partial charge >= 0.3 is 6.03 Å². The van der Waals surface area contributed by atoms with E-state index >= 15 is 0 Å². The lowest BCUT2D eigenvalue weighted by Crippen LogP contribution is -2.25. The highest BCUT2D eigenvalue weighted by Crippen LogP contribution is 2.24. The van der Waals surface area contributed by atoms with E-state index < -0.39 is 11.9 Å². The number of fused-ring (bicyclic) bond motifs is 1. The van der Waals surface area contributed by atoms with Crippen LogP contribution in [0.15, 0.2) is 60.4 Å². The summed E-state index contributed by atoms with van der Waals surface area (Å²) in [7, 11) is 1.42. The number of hydrogen-bond donors (Lipinski definition) is 2. The van der Waals surface area contributed by atoms with E-state index in [1.54, 1.807) is 41.1 Å². The standard InChI is InChI=1S/C21H17ClN4O3/c1-25-20(28)17(24-21(25)29)10-13-11-26(18-5-3-2-4-16(13)18)12-19(27)23-15-8-6-14(22)7-9-15/h2-11H,12H2,1H3,(H,23,27)(H,24,29)/b17-10+. The smallest absolute Gasteiger partial charge is 0.328 e. The number of para-hydroxylation sites is 1. The molecule has 4 amide bonds. The van der Waals surface area contributed by atoms with Crippen LogP contribution in [0.2, 0.25) is 5.02 Å². The van der Waals surface area contributed by atoms with Crippen molar-refractivity contribution in [2.24, 2.45) is 0 Å². The highest BCUT2D eigenvalue weighted by atomic mass is 35.5. The molecule has 2 aromatic carbocycles. The zero-order chi connectivity index (χ0) is 20.5. The normalized spacial score (nSPS) is 15.2. The Labute approximate surface area is 171 Å². The van der Waals surface area contributed by atoms with Crippen LogP contribution in [0.3, 0.4) is 0 Å². The third-order valence-corrected chi connectivity index (χ3v) is 4.89. The Kier molecular flexibility index (Phi) is 4.82. The van der Waals surface area contributed by atoms with Gasteiger partial charge in [0.05, 0.1) is 0 Å². The number of carbonyl (C=O) groups excluding carboxylic acids is 3. The van der Waals surface area contributed by atoms with Gasteiger partial charge in [0.15, 0.2) is 0 Å². The summed E-state index contributed by atoms with van der Waals surface area (Å²) in [5.74, 6) is -0.593. The first-order chi connectivity index (χ1) is 13.9. The molecule has 146 valence electrons. The van der Waals surface area contributed by atoms with Crippen LogP contribution in [0, 0.1) is 0 Å². The first-order valence-corrected chi connectivity index (χ1v) is 9.24. The molecule has 0 spiro atoms. The summed E-state index contributed by atoms with van der Waals surface area (Å²) >= 11 is 5.87. The van der Waals surface area contributed by atoms with Gasteiger partial charge in [-0.3, -0.25) is 14.5 Å². The second-order valence-corrected chi connectivity index (χ2v) is 7.07. The van der Waals surface area contributed by atoms with Crippen LogP contribution in [0.5, 0.6) is 0 Å². The number of carbonyl (C=O) groups is 3. The van der Waals surface area contributed by atoms with Crippen LogP contribution in [0.1, 0.15) is 5.56 Å². The molecule has 0 radical (unpaired) electrons. The average molecular weight is 409 g/mol. The lowest BCUT2D eigenvalue weighted by Gasteiger charge is -2.07. The van der Waals surface area contributed by atoms with Crippen LogP contribution < -0.4 is 10.6 Å². The molecule has 1 saturated heterocycles. The highest BCUT2D eigenvalue weighted by Gasteiger charge is 2.30. The van der Waals surface area contributed by atoms with Crippen LogP contribution in [0.25, 0.3) is 17.0 Å². The Hall–Kier alpha value is -3.58. The van der Waals surface area contributed by atoms with Gasteiger partial charge in [0.25, 0.3) is 5.91 Å². The number of nitrogens with zero attached hydrogens (tertiary/aromatic N) is 2. The van der Waals surface area contributed by atoms with Crippen molar-refractivity contribution in [1.82, 2.24) is 14.8 Å². The molecular formula is C21H17ClN4O3. The molecule has 2 heterocycles. The number of halogens is 1. The van der Waals surface area contributed by atoms with Crippen molar-refractivity contribution in [3.8, 4) is 0 Å². The summed E-state index contributed by atoms with van der Waals surface area (Å²) in [4.78, 5) is 37.4. The van der Waals surface area contributed by atoms with E-state index in [0.717, 1.165) is 21.4 Å². The van der Waals surface area contributed by atoms with Gasteiger partial charge in [0.1, 0.15) is 12.2 Å². The maximum Gasteiger partial charge on any atom is 0.328 e. The van der Waals surface area contributed by atoms with E-state index in [2.05, 4.69) is 10.6 Å². The molecule has 0 bridgehead atoms. The van der Waals surface area contributed by atoms with Gasteiger partial charge < -0.3 is 15.2 Å². The number of hydrogen-bond acceptors (Lipinski definition) is 3. The molecular weight excluding hydrogens is 392 g/mol. The van der Waals surface area contributed by atoms with Crippen LogP contribution in [0.4, 0.5) is 10.5 Å². The van der Waals surface area contributed by atoms with E-state index in [9.17, 15) is 14.4 Å². The van der Waals surface area contributed by atoms with Crippen molar-refractivity contribution in [1.29, 1.82) is 0 Å². The van der Waals surface area contributed by atoms with Crippen LogP contribution in [-0.4, -0.2) is 34.4 Å². The molecule has 1 aromatic heterocycles. The molecule has 7 nitrogen and oxygen atoms in total. The number of nitrogens with one attached hydrogen (secondary N) is 2. The molecule has 0 unspecified atom stereocenters. The van der Waals surface area contributed by atoms with Crippen molar-refractivity contribution in [2.45, 2.75) is 6.54 Å². The van der Waals surface area contributed by atoms with E-state index in [1.165, 1.54) is 7.05 Å². The van der Waals surface area contributed by atoms with E-state index in [0.29, 0.717) is 10.7 Å². The SMILES string of the molecule is CN1C(=O)N/C(=C/c2cn(CC(=O)Nc3ccc(Cl)cc3)c3ccccc23)C1=O. The van der Waals surface area contributed by atoms with Gasteiger partial charge in [0.2, 0.25) is 5.91 Å². The van der Waals surface area contributed by atoms with E-state index in [4.69, 9.17) is 11.6 Å². The molecule has 29 heavy (non-hydrogen) atoms. The third kappa shape index (κ3) is 3.72. The molecule has 3 aromatic rings. The summed E-state index contributed by atoms with van der Waals surface area (Å²) in [5, 5.41) is 6.85. The van der Waals surface area contributed by atoms with Gasteiger partial charge in [-0.25, -0.2) is 4.79 Å². The van der Waals surface area contributed by atoms with E-state index in [-0.39, 0.29) is 18.1 Å². The van der Waals surface area contributed by atoms with Crippen molar-refractivity contribution in [3.63, 3.8) is 0 Å². The zero-order valence-electron chi connectivity index (χ0n) is 15.5. The van der Waals surface area contributed by atoms with Gasteiger partial charge in [-0.05, 0) is 36.4 Å². The lowest BCUT2D eigenvalue weighted by atomic mass is 10.1. The zero-order valence-corrected chi connectivity index (χ0v) is 16.2. The summed E-state index contributed by atoms with van der Waals surface area (Å²) < 4.78 is 1.80. The number of urea groups is 1. The average Bonchev–Trinajstić information content (AvgIpc) is 3.16. The first-order valence-electron chi connectivity index (χ1n) is 8.86. The molecule has 8 heteroatoms. The van der Waals surface area contributed by atoms with Gasteiger partial charge in [-0.1, -0.05) is 29.8 Å². The quantitative estimate of drug-likeness (QED) is 0.512.